The summed E-state index contributed by atoms with van der Waals surface area (Å²) in [7, 11) is 0. The van der Waals surface area contributed by atoms with Crippen molar-refractivity contribution < 1.29 is 9.13 Å². The van der Waals surface area contributed by atoms with Crippen LogP contribution in [0.4, 0.5) is 4.39 Å². The number of fused-ring (bicyclic) bond motifs is 3. The van der Waals surface area contributed by atoms with Gasteiger partial charge in [-0.25, -0.2) is 9.40 Å². The summed E-state index contributed by atoms with van der Waals surface area (Å²) in [4.78, 5) is 0. The van der Waals surface area contributed by atoms with Crippen molar-refractivity contribution in [1.82, 2.24) is 5.01 Å². The maximum atomic E-state index is 13.3. The summed E-state index contributed by atoms with van der Waals surface area (Å²) in [5.74, 6) is 0.638. The lowest BCUT2D eigenvalue weighted by atomic mass is 9.96. The third-order valence-corrected chi connectivity index (χ3v) is 5.51. The predicted molar refractivity (Wildman–Crippen MR) is 106 cm³/mol. The molecule has 0 aromatic heterocycles. The van der Waals surface area contributed by atoms with Crippen molar-refractivity contribution in [2.75, 3.05) is 0 Å². The van der Waals surface area contributed by atoms with E-state index in [1.165, 1.54) is 12.1 Å². The van der Waals surface area contributed by atoms with Gasteiger partial charge in [0.25, 0.3) is 0 Å². The molecule has 0 N–H and O–H groups in total. The van der Waals surface area contributed by atoms with Crippen LogP contribution in [0, 0.1) is 5.82 Å². The van der Waals surface area contributed by atoms with Crippen LogP contribution in [0.25, 0.3) is 0 Å². The quantitative estimate of drug-likeness (QED) is 0.518. The highest BCUT2D eigenvalue weighted by molar-refractivity contribution is 9.10. The summed E-state index contributed by atoms with van der Waals surface area (Å²) in [6, 6.07) is 22.8. The number of hydrazone groups is 1. The molecule has 3 aromatic carbocycles. The number of halogens is 2. The summed E-state index contributed by atoms with van der Waals surface area (Å²) in [6.45, 7) is 0. The van der Waals surface area contributed by atoms with Gasteiger partial charge in [-0.3, -0.25) is 0 Å². The zero-order chi connectivity index (χ0) is 18.4. The minimum Gasteiger partial charge on any atom is -0.464 e. The van der Waals surface area contributed by atoms with Crippen LogP contribution in [-0.2, 0) is 0 Å². The summed E-state index contributed by atoms with van der Waals surface area (Å²) >= 11 is 3.56. The van der Waals surface area contributed by atoms with Crippen molar-refractivity contribution in [3.8, 4) is 5.75 Å². The molecule has 3 nitrogen and oxygen atoms in total. The molecule has 2 heterocycles. The van der Waals surface area contributed by atoms with Crippen LogP contribution < -0.4 is 4.74 Å². The SMILES string of the molecule is Fc1ccc(C2=NN3[C@H](C2)c2cc(Br)ccc2O[C@H]3c2ccccc2)cc1. The van der Waals surface area contributed by atoms with Gasteiger partial charge in [0.15, 0.2) is 0 Å². The smallest absolute Gasteiger partial charge is 0.213 e. The van der Waals surface area contributed by atoms with Crippen LogP contribution >= 0.6 is 15.9 Å². The third-order valence-electron chi connectivity index (χ3n) is 5.01. The summed E-state index contributed by atoms with van der Waals surface area (Å²) in [5.41, 5.74) is 4.05. The van der Waals surface area contributed by atoms with E-state index in [1.54, 1.807) is 12.1 Å². The summed E-state index contributed by atoms with van der Waals surface area (Å²) < 4.78 is 20.7. The predicted octanol–water partition coefficient (Wildman–Crippen LogP) is 5.83. The number of hydrogen-bond donors (Lipinski definition) is 0. The average Bonchev–Trinajstić information content (AvgIpc) is 3.14. The van der Waals surface area contributed by atoms with Gasteiger partial charge in [-0.2, -0.15) is 5.10 Å². The lowest BCUT2D eigenvalue weighted by Crippen LogP contribution is -2.33. The van der Waals surface area contributed by atoms with E-state index in [1.807, 2.05) is 35.3 Å². The Kier molecular flexibility index (Phi) is 3.97. The molecule has 0 radical (unpaired) electrons. The molecule has 0 unspecified atom stereocenters. The van der Waals surface area contributed by atoms with Crippen LogP contribution in [0.3, 0.4) is 0 Å². The third kappa shape index (κ3) is 2.92. The van der Waals surface area contributed by atoms with Crippen molar-refractivity contribution >= 4 is 21.6 Å². The number of ether oxygens (including phenoxy) is 1. The Bertz CT molecular complexity index is 1020. The standard InChI is InChI=1S/C22H16BrFN2O/c23-16-8-11-21-18(12-16)20-13-19(14-6-9-17(24)10-7-14)25-26(20)22(27-21)15-4-2-1-3-5-15/h1-12,20,22H,13H2/t20-,22+/m1/s1. The molecule has 0 saturated heterocycles. The van der Waals surface area contributed by atoms with Crippen molar-refractivity contribution in [2.45, 2.75) is 18.7 Å². The van der Waals surface area contributed by atoms with Crippen LogP contribution in [-0.4, -0.2) is 10.7 Å². The minimum atomic E-state index is -0.289. The average molecular weight is 423 g/mol. The molecule has 27 heavy (non-hydrogen) atoms. The maximum Gasteiger partial charge on any atom is 0.213 e. The van der Waals surface area contributed by atoms with Crippen LogP contribution in [0.1, 0.15) is 35.4 Å². The maximum absolute atomic E-state index is 13.3. The lowest BCUT2D eigenvalue weighted by molar-refractivity contribution is -0.0190. The second kappa shape index (κ2) is 6.50. The Hall–Kier alpha value is -2.66. The Labute approximate surface area is 165 Å². The van der Waals surface area contributed by atoms with E-state index < -0.39 is 0 Å². The molecule has 2 aliphatic rings. The number of nitrogens with zero attached hydrogens (tertiary/aromatic N) is 2. The molecule has 0 fully saturated rings. The fraction of sp³-hybridized carbons (Fsp3) is 0.136. The molecule has 3 aromatic rings. The second-order valence-electron chi connectivity index (χ2n) is 6.72. The molecule has 0 amide bonds. The zero-order valence-corrected chi connectivity index (χ0v) is 15.9. The topological polar surface area (TPSA) is 24.8 Å². The monoisotopic (exact) mass is 422 g/mol. The molecule has 2 atom stereocenters. The fourth-order valence-electron chi connectivity index (χ4n) is 3.71. The van der Waals surface area contributed by atoms with E-state index in [2.05, 4.69) is 34.1 Å². The van der Waals surface area contributed by atoms with Gasteiger partial charge in [0.1, 0.15) is 11.6 Å². The second-order valence-corrected chi connectivity index (χ2v) is 7.63. The van der Waals surface area contributed by atoms with Gasteiger partial charge < -0.3 is 4.74 Å². The molecule has 2 aliphatic heterocycles. The van der Waals surface area contributed by atoms with Crippen molar-refractivity contribution in [3.63, 3.8) is 0 Å². The Morgan fingerprint density at radius 1 is 1.00 bits per heavy atom. The zero-order valence-electron chi connectivity index (χ0n) is 14.3. The highest BCUT2D eigenvalue weighted by atomic mass is 79.9. The number of benzene rings is 3. The molecule has 0 bridgehead atoms. The number of rotatable bonds is 2. The Morgan fingerprint density at radius 3 is 2.56 bits per heavy atom. The molecule has 5 heteroatoms. The first-order valence-corrected chi connectivity index (χ1v) is 9.61. The first-order valence-electron chi connectivity index (χ1n) is 8.82. The van der Waals surface area contributed by atoms with Gasteiger partial charge in [-0.15, -0.1) is 0 Å². The first kappa shape index (κ1) is 16.5. The summed E-state index contributed by atoms with van der Waals surface area (Å²) in [5, 5.41) is 6.91. The van der Waals surface area contributed by atoms with Gasteiger partial charge in [-0.1, -0.05) is 58.4 Å². The van der Waals surface area contributed by atoms with E-state index in [0.29, 0.717) is 0 Å². The van der Waals surface area contributed by atoms with Gasteiger partial charge in [0.2, 0.25) is 6.23 Å². The van der Waals surface area contributed by atoms with Gasteiger partial charge >= 0.3 is 0 Å². The van der Waals surface area contributed by atoms with Crippen LogP contribution in [0.2, 0.25) is 0 Å². The Balaban J connectivity index is 1.60. The molecular weight excluding hydrogens is 407 g/mol. The van der Waals surface area contributed by atoms with E-state index in [-0.39, 0.29) is 18.1 Å². The molecule has 5 rings (SSSR count). The van der Waals surface area contributed by atoms with Crippen molar-refractivity contribution in [3.05, 3.63) is 99.8 Å². The van der Waals surface area contributed by atoms with Crippen LogP contribution in [0.15, 0.2) is 82.4 Å². The largest absolute Gasteiger partial charge is 0.464 e. The molecular formula is C22H16BrFN2O. The number of hydrogen-bond acceptors (Lipinski definition) is 3. The molecule has 134 valence electrons. The molecule has 0 aliphatic carbocycles. The molecule has 0 spiro atoms. The normalized spacial score (nSPS) is 20.5. The minimum absolute atomic E-state index is 0.0801. The summed E-state index contributed by atoms with van der Waals surface area (Å²) in [6.07, 6.45) is 0.463. The fourth-order valence-corrected chi connectivity index (χ4v) is 4.09. The Morgan fingerprint density at radius 2 is 1.78 bits per heavy atom. The van der Waals surface area contributed by atoms with Gasteiger partial charge in [0.05, 0.1) is 11.8 Å². The van der Waals surface area contributed by atoms with Gasteiger partial charge in [-0.05, 0) is 35.9 Å². The van der Waals surface area contributed by atoms with E-state index in [4.69, 9.17) is 9.84 Å². The molecule has 0 saturated carbocycles. The van der Waals surface area contributed by atoms with E-state index in [9.17, 15) is 4.39 Å². The van der Waals surface area contributed by atoms with Crippen molar-refractivity contribution in [2.24, 2.45) is 5.10 Å². The van der Waals surface area contributed by atoms with Gasteiger partial charge in [0, 0.05) is 22.0 Å². The highest BCUT2D eigenvalue weighted by Gasteiger charge is 2.40. The van der Waals surface area contributed by atoms with E-state index >= 15 is 0 Å². The van der Waals surface area contributed by atoms with E-state index in [0.717, 1.165) is 39.0 Å². The highest BCUT2D eigenvalue weighted by Crippen LogP contribution is 2.48. The van der Waals surface area contributed by atoms with Crippen molar-refractivity contribution in [1.29, 1.82) is 0 Å². The lowest BCUT2D eigenvalue weighted by Gasteiger charge is -2.38. The first-order chi connectivity index (χ1) is 13.2. The van der Waals surface area contributed by atoms with Crippen LogP contribution in [0.5, 0.6) is 5.75 Å².